The van der Waals surface area contributed by atoms with E-state index in [0.717, 1.165) is 16.6 Å². The third-order valence-electron chi connectivity index (χ3n) is 5.48. The fourth-order valence-corrected chi connectivity index (χ4v) is 3.70. The predicted molar refractivity (Wildman–Crippen MR) is 100 cm³/mol. The number of benzene rings is 1. The minimum atomic E-state index is -4.65. The Labute approximate surface area is 164 Å². The van der Waals surface area contributed by atoms with Crippen molar-refractivity contribution in [3.8, 4) is 11.3 Å². The van der Waals surface area contributed by atoms with Crippen molar-refractivity contribution in [1.29, 1.82) is 0 Å². The van der Waals surface area contributed by atoms with Crippen molar-refractivity contribution in [3.63, 3.8) is 0 Å². The number of halogens is 3. The minimum Gasteiger partial charge on any atom is -0.464 e. The molecule has 1 amide bonds. The average Bonchev–Trinajstić information content (AvgIpc) is 3.18. The maximum Gasteiger partial charge on any atom is 0.417 e. The molecular weight excluding hydrogens is 385 g/mol. The van der Waals surface area contributed by atoms with E-state index < -0.39 is 30.7 Å². The molecule has 2 N–H and O–H groups in total. The Morgan fingerprint density at radius 2 is 1.83 bits per heavy atom. The monoisotopic (exact) mass is 404 g/mol. The summed E-state index contributed by atoms with van der Waals surface area (Å²) in [6.07, 6.45) is -2.10. The number of hydrogen-bond donors (Lipinski definition) is 2. The van der Waals surface area contributed by atoms with Crippen molar-refractivity contribution in [3.05, 3.63) is 54.4 Å². The molecule has 2 aromatic heterocycles. The first-order valence-electron chi connectivity index (χ1n) is 9.29. The molecule has 0 saturated heterocycles. The standard InChI is InChI=1S/C21H19F3N2O3/c22-21(23,24)20(28)9-5-15(6-10-20)26-19(27)14-3-1-13(2-4-14)18-16-8-12-29-17(16)7-11-25-18/h1-4,7-8,11-12,15,28H,5-6,9-10H2,(H,26,27). The van der Waals surface area contributed by atoms with Gasteiger partial charge in [0.05, 0.1) is 12.0 Å². The van der Waals surface area contributed by atoms with Gasteiger partial charge in [-0.25, -0.2) is 0 Å². The van der Waals surface area contributed by atoms with Crippen LogP contribution < -0.4 is 5.32 Å². The smallest absolute Gasteiger partial charge is 0.417 e. The van der Waals surface area contributed by atoms with Gasteiger partial charge in [-0.3, -0.25) is 9.78 Å². The molecule has 1 aromatic carbocycles. The molecule has 1 saturated carbocycles. The number of fused-ring (bicyclic) bond motifs is 1. The van der Waals surface area contributed by atoms with Gasteiger partial charge >= 0.3 is 6.18 Å². The molecule has 2 heterocycles. The number of amides is 1. The lowest BCUT2D eigenvalue weighted by atomic mass is 9.81. The Bertz CT molecular complexity index is 1020. The van der Waals surface area contributed by atoms with E-state index in [-0.39, 0.29) is 18.7 Å². The van der Waals surface area contributed by atoms with E-state index >= 15 is 0 Å². The number of aromatic nitrogens is 1. The molecule has 29 heavy (non-hydrogen) atoms. The van der Waals surface area contributed by atoms with Gasteiger partial charge in [-0.15, -0.1) is 0 Å². The molecule has 4 rings (SSSR count). The van der Waals surface area contributed by atoms with Crippen molar-refractivity contribution in [1.82, 2.24) is 10.3 Å². The van der Waals surface area contributed by atoms with E-state index in [2.05, 4.69) is 10.3 Å². The molecule has 0 bridgehead atoms. The van der Waals surface area contributed by atoms with Crippen molar-refractivity contribution in [2.24, 2.45) is 0 Å². The van der Waals surface area contributed by atoms with Crippen LogP contribution in [0.5, 0.6) is 0 Å². The highest BCUT2D eigenvalue weighted by molar-refractivity contribution is 5.96. The van der Waals surface area contributed by atoms with Gasteiger partial charge in [-0.05, 0) is 49.9 Å². The van der Waals surface area contributed by atoms with Crippen LogP contribution in [-0.4, -0.2) is 33.8 Å². The first-order valence-corrected chi connectivity index (χ1v) is 9.29. The number of furan rings is 1. The van der Waals surface area contributed by atoms with Gasteiger partial charge < -0.3 is 14.8 Å². The molecule has 0 spiro atoms. The lowest BCUT2D eigenvalue weighted by Gasteiger charge is -2.37. The van der Waals surface area contributed by atoms with Gasteiger partial charge in [0, 0.05) is 28.8 Å². The van der Waals surface area contributed by atoms with E-state index in [0.29, 0.717) is 11.1 Å². The van der Waals surface area contributed by atoms with Crippen LogP contribution in [0.4, 0.5) is 13.2 Å². The van der Waals surface area contributed by atoms with Crippen LogP contribution in [0.1, 0.15) is 36.0 Å². The Kier molecular flexibility index (Phi) is 4.82. The first-order chi connectivity index (χ1) is 13.8. The highest BCUT2D eigenvalue weighted by atomic mass is 19.4. The zero-order valence-corrected chi connectivity index (χ0v) is 15.4. The number of carbonyl (C=O) groups excluding carboxylic acids is 1. The fraction of sp³-hybridized carbons (Fsp3) is 0.333. The highest BCUT2D eigenvalue weighted by Crippen LogP contribution is 2.41. The summed E-state index contributed by atoms with van der Waals surface area (Å²) in [6.45, 7) is 0. The third kappa shape index (κ3) is 3.72. The normalized spacial score (nSPS) is 22.6. The number of pyridine rings is 1. The van der Waals surface area contributed by atoms with Gasteiger partial charge in [0.1, 0.15) is 5.58 Å². The lowest BCUT2D eigenvalue weighted by molar-refractivity contribution is -0.270. The molecule has 5 nitrogen and oxygen atoms in total. The van der Waals surface area contributed by atoms with Gasteiger partial charge in [0.2, 0.25) is 0 Å². The van der Waals surface area contributed by atoms with Crippen LogP contribution in [0.15, 0.2) is 53.3 Å². The molecule has 0 atom stereocenters. The van der Waals surface area contributed by atoms with Crippen molar-refractivity contribution in [2.75, 3.05) is 0 Å². The van der Waals surface area contributed by atoms with Crippen LogP contribution in [0, 0.1) is 0 Å². The average molecular weight is 404 g/mol. The highest BCUT2D eigenvalue weighted by Gasteiger charge is 2.54. The van der Waals surface area contributed by atoms with E-state index in [4.69, 9.17) is 4.42 Å². The fourth-order valence-electron chi connectivity index (χ4n) is 3.70. The molecule has 0 radical (unpaired) electrons. The molecule has 3 aromatic rings. The number of aliphatic hydroxyl groups is 1. The number of nitrogens with one attached hydrogen (secondary N) is 1. The van der Waals surface area contributed by atoms with Crippen LogP contribution in [0.25, 0.3) is 22.2 Å². The number of nitrogens with zero attached hydrogens (tertiary/aromatic N) is 1. The summed E-state index contributed by atoms with van der Waals surface area (Å²) in [4.78, 5) is 16.8. The van der Waals surface area contributed by atoms with Crippen molar-refractivity contribution < 1.29 is 27.5 Å². The summed E-state index contributed by atoms with van der Waals surface area (Å²) >= 11 is 0. The maximum absolute atomic E-state index is 12.9. The van der Waals surface area contributed by atoms with E-state index in [1.54, 1.807) is 42.8 Å². The van der Waals surface area contributed by atoms with Gasteiger partial charge in [0.25, 0.3) is 5.91 Å². The first kappa shape index (κ1) is 19.4. The van der Waals surface area contributed by atoms with Gasteiger partial charge in [0.15, 0.2) is 5.60 Å². The largest absolute Gasteiger partial charge is 0.464 e. The second-order valence-corrected chi connectivity index (χ2v) is 7.35. The minimum absolute atomic E-state index is 0.0756. The number of carbonyl (C=O) groups is 1. The molecule has 0 aliphatic heterocycles. The molecule has 1 aliphatic rings. The quantitative estimate of drug-likeness (QED) is 0.676. The summed E-state index contributed by atoms with van der Waals surface area (Å²) in [7, 11) is 0. The number of hydrogen-bond acceptors (Lipinski definition) is 4. The second-order valence-electron chi connectivity index (χ2n) is 7.35. The molecule has 1 fully saturated rings. The topological polar surface area (TPSA) is 75.4 Å². The zero-order valence-electron chi connectivity index (χ0n) is 15.4. The van der Waals surface area contributed by atoms with Crippen molar-refractivity contribution in [2.45, 2.75) is 43.5 Å². The Morgan fingerprint density at radius 3 is 2.48 bits per heavy atom. The van der Waals surface area contributed by atoms with E-state index in [1.807, 2.05) is 6.07 Å². The second kappa shape index (κ2) is 7.18. The SMILES string of the molecule is O=C(NC1CCC(O)(C(F)(F)F)CC1)c1ccc(-c2nccc3occc23)cc1. The molecular formula is C21H19F3N2O3. The number of alkyl halides is 3. The zero-order chi connectivity index (χ0) is 20.6. The molecule has 152 valence electrons. The van der Waals surface area contributed by atoms with Gasteiger partial charge in [-0.2, -0.15) is 13.2 Å². The maximum atomic E-state index is 12.9. The van der Waals surface area contributed by atoms with Crippen LogP contribution in [-0.2, 0) is 0 Å². The van der Waals surface area contributed by atoms with Crippen LogP contribution in [0.3, 0.4) is 0 Å². The summed E-state index contributed by atoms with van der Waals surface area (Å²) in [5.41, 5.74) is 0.0258. The summed E-state index contributed by atoms with van der Waals surface area (Å²) < 4.78 is 44.0. The Balaban J connectivity index is 1.42. The van der Waals surface area contributed by atoms with Crippen molar-refractivity contribution >= 4 is 16.9 Å². The van der Waals surface area contributed by atoms with Crippen LogP contribution in [0.2, 0.25) is 0 Å². The van der Waals surface area contributed by atoms with E-state index in [1.165, 1.54) is 0 Å². The third-order valence-corrected chi connectivity index (χ3v) is 5.48. The predicted octanol–water partition coefficient (Wildman–Crippen LogP) is 4.46. The number of rotatable bonds is 3. The van der Waals surface area contributed by atoms with Gasteiger partial charge in [-0.1, -0.05) is 12.1 Å². The summed E-state index contributed by atoms with van der Waals surface area (Å²) in [5, 5.41) is 13.4. The van der Waals surface area contributed by atoms with E-state index in [9.17, 15) is 23.1 Å². The molecule has 8 heteroatoms. The summed E-state index contributed by atoms with van der Waals surface area (Å²) in [5.74, 6) is -0.353. The molecule has 1 aliphatic carbocycles. The summed E-state index contributed by atoms with van der Waals surface area (Å²) in [6, 6.07) is 10.0. The lowest BCUT2D eigenvalue weighted by Crippen LogP contribution is -2.51. The molecule has 0 unspecified atom stereocenters. The van der Waals surface area contributed by atoms with Crippen LogP contribution >= 0.6 is 0 Å². The Hall–Kier alpha value is -2.87. The Morgan fingerprint density at radius 1 is 1.14 bits per heavy atom.